The van der Waals surface area contributed by atoms with Crippen LogP contribution in [0.1, 0.15) is 22.2 Å². The van der Waals surface area contributed by atoms with Crippen molar-refractivity contribution in [3.8, 4) is 5.75 Å². The van der Waals surface area contributed by atoms with Gasteiger partial charge in [-0.15, -0.1) is 11.3 Å². The van der Waals surface area contributed by atoms with E-state index in [1.54, 1.807) is 30.3 Å². The number of rotatable bonds is 5. The Hall–Kier alpha value is -2.60. The molecule has 0 aliphatic rings. The standard InChI is InChI=1S/C16H16N2O3S/c1-2-21-13-7-5-12(6-8-13)16(20)18-17-15(19)10-9-14-4-3-11-22-14/h3-11H,2H2,1H3,(H,17,19)(H,18,20)/b10-9+. The van der Waals surface area contributed by atoms with Crippen molar-refractivity contribution in [2.45, 2.75) is 6.92 Å². The number of hydrogen-bond acceptors (Lipinski definition) is 4. The number of nitrogens with one attached hydrogen (secondary N) is 2. The predicted molar refractivity (Wildman–Crippen MR) is 86.6 cm³/mol. The maximum Gasteiger partial charge on any atom is 0.269 e. The maximum atomic E-state index is 11.9. The molecule has 0 unspecified atom stereocenters. The summed E-state index contributed by atoms with van der Waals surface area (Å²) in [7, 11) is 0. The summed E-state index contributed by atoms with van der Waals surface area (Å²) < 4.78 is 5.30. The molecule has 1 heterocycles. The molecule has 114 valence electrons. The largest absolute Gasteiger partial charge is 0.494 e. The van der Waals surface area contributed by atoms with Crippen molar-refractivity contribution in [2.24, 2.45) is 0 Å². The summed E-state index contributed by atoms with van der Waals surface area (Å²) in [6.07, 6.45) is 3.05. The number of thiophene rings is 1. The first-order chi connectivity index (χ1) is 10.7. The molecule has 0 radical (unpaired) electrons. The topological polar surface area (TPSA) is 67.4 Å². The van der Waals surface area contributed by atoms with Crippen molar-refractivity contribution in [3.05, 3.63) is 58.3 Å². The second kappa shape index (κ2) is 7.99. The van der Waals surface area contributed by atoms with Gasteiger partial charge in [0.05, 0.1) is 6.61 Å². The van der Waals surface area contributed by atoms with E-state index in [1.165, 1.54) is 17.4 Å². The summed E-state index contributed by atoms with van der Waals surface area (Å²) in [5, 5.41) is 1.92. The molecule has 22 heavy (non-hydrogen) atoms. The van der Waals surface area contributed by atoms with Crippen LogP contribution in [0.25, 0.3) is 6.08 Å². The van der Waals surface area contributed by atoms with Crippen LogP contribution < -0.4 is 15.6 Å². The molecule has 6 heteroatoms. The van der Waals surface area contributed by atoms with E-state index in [2.05, 4.69) is 10.9 Å². The van der Waals surface area contributed by atoms with Gasteiger partial charge in [-0.3, -0.25) is 20.4 Å². The van der Waals surface area contributed by atoms with Crippen molar-refractivity contribution in [2.75, 3.05) is 6.61 Å². The van der Waals surface area contributed by atoms with Gasteiger partial charge >= 0.3 is 0 Å². The van der Waals surface area contributed by atoms with Crippen molar-refractivity contribution in [1.82, 2.24) is 10.9 Å². The molecule has 0 saturated carbocycles. The smallest absolute Gasteiger partial charge is 0.269 e. The predicted octanol–water partition coefficient (Wildman–Crippen LogP) is 2.62. The minimum atomic E-state index is -0.396. The van der Waals surface area contributed by atoms with Gasteiger partial charge in [0.1, 0.15) is 5.75 Å². The molecule has 1 aromatic heterocycles. The van der Waals surface area contributed by atoms with Crippen LogP contribution in [0.2, 0.25) is 0 Å². The van der Waals surface area contributed by atoms with E-state index in [1.807, 2.05) is 24.4 Å². The number of ether oxygens (including phenoxy) is 1. The van der Waals surface area contributed by atoms with E-state index < -0.39 is 5.91 Å². The molecule has 0 aliphatic carbocycles. The molecule has 1 aromatic carbocycles. The first-order valence-electron chi connectivity index (χ1n) is 6.74. The van der Waals surface area contributed by atoms with Crippen LogP contribution in [0.15, 0.2) is 47.9 Å². The fraction of sp³-hybridized carbons (Fsp3) is 0.125. The monoisotopic (exact) mass is 316 g/mol. The van der Waals surface area contributed by atoms with Crippen molar-refractivity contribution < 1.29 is 14.3 Å². The van der Waals surface area contributed by atoms with Crippen LogP contribution in [0.5, 0.6) is 5.75 Å². The molecule has 2 amide bonds. The average Bonchev–Trinajstić information content (AvgIpc) is 3.05. The summed E-state index contributed by atoms with van der Waals surface area (Å²) in [5.41, 5.74) is 5.12. The number of amides is 2. The minimum Gasteiger partial charge on any atom is -0.494 e. The zero-order chi connectivity index (χ0) is 15.8. The number of benzene rings is 1. The van der Waals surface area contributed by atoms with Gasteiger partial charge in [-0.25, -0.2) is 0 Å². The van der Waals surface area contributed by atoms with E-state index in [-0.39, 0.29) is 5.91 Å². The van der Waals surface area contributed by atoms with Gasteiger partial charge in [-0.2, -0.15) is 0 Å². The van der Waals surface area contributed by atoms with E-state index in [4.69, 9.17) is 4.74 Å². The van der Waals surface area contributed by atoms with E-state index in [9.17, 15) is 9.59 Å². The Bertz CT molecular complexity index is 649. The molecule has 2 N–H and O–H groups in total. The van der Waals surface area contributed by atoms with Gasteiger partial charge in [-0.05, 0) is 48.7 Å². The second-order valence-corrected chi connectivity index (χ2v) is 5.23. The Kier molecular flexibility index (Phi) is 5.73. The molecule has 0 fully saturated rings. The van der Waals surface area contributed by atoms with Crippen molar-refractivity contribution in [3.63, 3.8) is 0 Å². The third-order valence-corrected chi connectivity index (χ3v) is 3.51. The molecule has 0 aliphatic heterocycles. The lowest BCUT2D eigenvalue weighted by Gasteiger charge is -2.06. The Labute approximate surface area is 132 Å². The van der Waals surface area contributed by atoms with Crippen LogP contribution in [0.4, 0.5) is 0 Å². The number of carbonyl (C=O) groups is 2. The summed E-state index contributed by atoms with van der Waals surface area (Å²) in [5.74, 6) is -0.0874. The van der Waals surface area contributed by atoms with Crippen molar-refractivity contribution in [1.29, 1.82) is 0 Å². The maximum absolute atomic E-state index is 11.9. The lowest BCUT2D eigenvalue weighted by molar-refractivity contribution is -0.117. The number of carbonyl (C=O) groups excluding carboxylic acids is 2. The van der Waals surface area contributed by atoms with Gasteiger partial charge in [0.25, 0.3) is 11.8 Å². The molecule has 5 nitrogen and oxygen atoms in total. The fourth-order valence-electron chi connectivity index (χ4n) is 1.65. The third kappa shape index (κ3) is 4.75. The lowest BCUT2D eigenvalue weighted by atomic mass is 10.2. The second-order valence-electron chi connectivity index (χ2n) is 4.25. The van der Waals surface area contributed by atoms with Crippen LogP contribution in [0.3, 0.4) is 0 Å². The SMILES string of the molecule is CCOc1ccc(C(=O)NNC(=O)/C=C/c2cccs2)cc1. The van der Waals surface area contributed by atoms with Crippen LogP contribution in [-0.2, 0) is 4.79 Å². The Morgan fingerprint density at radius 2 is 1.95 bits per heavy atom. The Morgan fingerprint density at radius 3 is 2.59 bits per heavy atom. The molecular formula is C16H16N2O3S. The van der Waals surface area contributed by atoms with Crippen LogP contribution >= 0.6 is 11.3 Å². The van der Waals surface area contributed by atoms with E-state index in [0.717, 1.165) is 4.88 Å². The van der Waals surface area contributed by atoms with E-state index in [0.29, 0.717) is 17.9 Å². The highest BCUT2D eigenvalue weighted by molar-refractivity contribution is 7.10. The summed E-state index contributed by atoms with van der Waals surface area (Å²) in [6.45, 7) is 2.46. The molecule has 0 saturated heterocycles. The Morgan fingerprint density at radius 1 is 1.18 bits per heavy atom. The normalized spacial score (nSPS) is 10.4. The molecule has 2 aromatic rings. The zero-order valence-electron chi connectivity index (χ0n) is 12.0. The summed E-state index contributed by atoms with van der Waals surface area (Å²) in [4.78, 5) is 24.4. The van der Waals surface area contributed by atoms with E-state index >= 15 is 0 Å². The molecule has 0 atom stereocenters. The van der Waals surface area contributed by atoms with Crippen LogP contribution in [0, 0.1) is 0 Å². The number of hydrazine groups is 1. The lowest BCUT2D eigenvalue weighted by Crippen LogP contribution is -2.40. The van der Waals surface area contributed by atoms with Gasteiger partial charge < -0.3 is 4.74 Å². The third-order valence-electron chi connectivity index (χ3n) is 2.67. The number of hydrogen-bond donors (Lipinski definition) is 2. The Balaban J connectivity index is 1.82. The van der Waals surface area contributed by atoms with Gasteiger partial charge in [0.15, 0.2) is 0 Å². The molecule has 2 rings (SSSR count). The van der Waals surface area contributed by atoms with Gasteiger partial charge in [-0.1, -0.05) is 6.07 Å². The van der Waals surface area contributed by atoms with Crippen molar-refractivity contribution >= 4 is 29.2 Å². The average molecular weight is 316 g/mol. The summed E-state index contributed by atoms with van der Waals surface area (Å²) in [6, 6.07) is 10.5. The van der Waals surface area contributed by atoms with Gasteiger partial charge in [0.2, 0.25) is 0 Å². The molecule has 0 bridgehead atoms. The summed E-state index contributed by atoms with van der Waals surface area (Å²) >= 11 is 1.53. The van der Waals surface area contributed by atoms with Gasteiger partial charge in [0, 0.05) is 16.5 Å². The minimum absolute atomic E-state index is 0.388. The highest BCUT2D eigenvalue weighted by Gasteiger charge is 2.06. The van der Waals surface area contributed by atoms with Crippen LogP contribution in [-0.4, -0.2) is 18.4 Å². The quantitative estimate of drug-likeness (QED) is 0.658. The highest BCUT2D eigenvalue weighted by atomic mass is 32.1. The first kappa shape index (κ1) is 15.8. The fourth-order valence-corrected chi connectivity index (χ4v) is 2.26. The zero-order valence-corrected chi connectivity index (χ0v) is 12.9. The molecular weight excluding hydrogens is 300 g/mol. The molecule has 0 spiro atoms. The first-order valence-corrected chi connectivity index (χ1v) is 7.62. The highest BCUT2D eigenvalue weighted by Crippen LogP contribution is 2.12.